The fraction of sp³-hybridized carbons (Fsp3) is 0.286. The van der Waals surface area contributed by atoms with Crippen LogP contribution in [0.5, 0.6) is 0 Å². The van der Waals surface area contributed by atoms with Gasteiger partial charge in [-0.25, -0.2) is 9.59 Å². The molecule has 3 rings (SSSR count). The molecule has 1 unspecified atom stereocenters. The fourth-order valence-electron chi connectivity index (χ4n) is 3.96. The van der Waals surface area contributed by atoms with E-state index >= 15 is 0 Å². The molecule has 0 spiro atoms. The minimum Gasteiger partial charge on any atom is -0.478 e. The van der Waals surface area contributed by atoms with Crippen LogP contribution in [0.1, 0.15) is 46.5 Å². The maximum absolute atomic E-state index is 12.4. The average Bonchev–Trinajstić information content (AvgIpc) is 2.97. The normalized spacial score (nSPS) is 10.8. The summed E-state index contributed by atoms with van der Waals surface area (Å²) in [6.07, 6.45) is 0. The van der Waals surface area contributed by atoms with Gasteiger partial charge in [0, 0.05) is 24.0 Å². The highest BCUT2D eigenvalue weighted by molar-refractivity contribution is 6.19. The number of ether oxygens (including phenoxy) is 2. The van der Waals surface area contributed by atoms with Crippen molar-refractivity contribution < 1.29 is 38.6 Å². The van der Waals surface area contributed by atoms with Crippen molar-refractivity contribution in [2.45, 2.75) is 41.5 Å². The molecule has 0 aliphatic heterocycles. The summed E-state index contributed by atoms with van der Waals surface area (Å²) in [4.78, 5) is 58.7. The summed E-state index contributed by atoms with van der Waals surface area (Å²) in [6, 6.07) is 17.3. The molecule has 0 aliphatic rings. The number of aromatic carboxylic acids is 1. The van der Waals surface area contributed by atoms with Crippen LogP contribution in [-0.4, -0.2) is 55.0 Å². The van der Waals surface area contributed by atoms with Gasteiger partial charge in [-0.1, -0.05) is 43.0 Å². The molecule has 1 amide bonds. The van der Waals surface area contributed by atoms with E-state index in [0.717, 1.165) is 6.92 Å². The van der Waals surface area contributed by atoms with E-state index in [1.165, 1.54) is 58.5 Å². The Morgan fingerprint density at radius 1 is 0.756 bits per heavy atom. The van der Waals surface area contributed by atoms with Gasteiger partial charge >= 0.3 is 17.9 Å². The SMILES string of the molecule is C=C(C)C(=O)OCCOC(=O)C(C(C)=O)C(=O)Nc1cc(NC)cc(C(=O)O)c1.Cc1ccc(-c2ccc(C)c(C)c2)cc1C. The van der Waals surface area contributed by atoms with Gasteiger partial charge < -0.3 is 25.2 Å². The van der Waals surface area contributed by atoms with Crippen molar-refractivity contribution in [2.75, 3.05) is 30.9 Å². The average molecular weight is 617 g/mol. The molecule has 0 aromatic heterocycles. The molecule has 238 valence electrons. The highest BCUT2D eigenvalue weighted by Gasteiger charge is 2.33. The Morgan fingerprint density at radius 3 is 1.71 bits per heavy atom. The Hall–Kier alpha value is -5.25. The molecule has 45 heavy (non-hydrogen) atoms. The number of nitrogens with one attached hydrogen (secondary N) is 2. The predicted molar refractivity (Wildman–Crippen MR) is 173 cm³/mol. The van der Waals surface area contributed by atoms with E-state index in [4.69, 9.17) is 14.6 Å². The summed E-state index contributed by atoms with van der Waals surface area (Å²) in [7, 11) is 1.56. The minimum atomic E-state index is -1.77. The Bertz CT molecular complexity index is 1560. The number of anilines is 2. The molecule has 3 aromatic rings. The molecular formula is C35H40N2O8. The topological polar surface area (TPSA) is 148 Å². The molecule has 0 heterocycles. The zero-order chi connectivity index (χ0) is 33.8. The number of aryl methyl sites for hydroxylation is 4. The Labute approximate surface area is 263 Å². The number of esters is 2. The van der Waals surface area contributed by atoms with Crippen molar-refractivity contribution in [3.05, 3.63) is 94.6 Å². The number of benzene rings is 3. The van der Waals surface area contributed by atoms with Crippen molar-refractivity contribution >= 4 is 41.0 Å². The van der Waals surface area contributed by atoms with Crippen LogP contribution >= 0.6 is 0 Å². The number of carboxylic acid groups (broad SMARTS) is 1. The van der Waals surface area contributed by atoms with Gasteiger partial charge in [-0.2, -0.15) is 0 Å². The lowest BCUT2D eigenvalue weighted by Crippen LogP contribution is -2.36. The maximum Gasteiger partial charge on any atom is 0.335 e. The molecule has 10 heteroatoms. The minimum absolute atomic E-state index is 0.0775. The summed E-state index contributed by atoms with van der Waals surface area (Å²) < 4.78 is 9.57. The van der Waals surface area contributed by atoms with E-state index < -0.39 is 35.5 Å². The van der Waals surface area contributed by atoms with E-state index in [-0.39, 0.29) is 30.0 Å². The quantitative estimate of drug-likeness (QED) is 0.105. The van der Waals surface area contributed by atoms with Crippen LogP contribution in [0.4, 0.5) is 11.4 Å². The number of ketones is 1. The summed E-state index contributed by atoms with van der Waals surface area (Å²) in [6.45, 7) is 13.9. The summed E-state index contributed by atoms with van der Waals surface area (Å²) in [5, 5.41) is 14.2. The molecule has 1 atom stereocenters. The van der Waals surface area contributed by atoms with E-state index in [1.54, 1.807) is 7.05 Å². The lowest BCUT2D eigenvalue weighted by molar-refractivity contribution is -0.157. The first-order chi connectivity index (χ1) is 21.1. The van der Waals surface area contributed by atoms with E-state index in [1.807, 2.05) is 0 Å². The standard InChI is InChI=1S/C19H22N2O8.C16H18/c1-10(2)18(26)28-5-6-29-19(27)15(11(3)22)16(23)21-14-8-12(17(24)25)7-13(9-14)20-4;1-11-5-7-15(9-13(11)3)16-8-6-12(2)14(4)10-16/h7-9,15,20H,1,5-6H2,2-4H3,(H,21,23)(H,24,25);5-10H,1-4H3. The second-order valence-corrected chi connectivity index (χ2v) is 10.6. The molecule has 0 bridgehead atoms. The maximum atomic E-state index is 12.4. The van der Waals surface area contributed by atoms with Gasteiger partial charge in [-0.05, 0) is 93.1 Å². The van der Waals surface area contributed by atoms with Gasteiger partial charge in [0.2, 0.25) is 5.91 Å². The van der Waals surface area contributed by atoms with Gasteiger partial charge in [0.25, 0.3) is 0 Å². The largest absolute Gasteiger partial charge is 0.478 e. The van der Waals surface area contributed by atoms with Crippen LogP contribution in [-0.2, 0) is 28.7 Å². The Kier molecular flexibility index (Phi) is 13.2. The highest BCUT2D eigenvalue weighted by Crippen LogP contribution is 2.24. The molecule has 0 saturated heterocycles. The third-order valence-corrected chi connectivity index (χ3v) is 6.90. The van der Waals surface area contributed by atoms with Crippen LogP contribution in [0.25, 0.3) is 11.1 Å². The number of carboxylic acids is 1. The van der Waals surface area contributed by atoms with Gasteiger partial charge in [0.15, 0.2) is 11.7 Å². The van der Waals surface area contributed by atoms with Crippen LogP contribution in [0, 0.1) is 33.6 Å². The number of hydrogen-bond acceptors (Lipinski definition) is 8. The Balaban J connectivity index is 0.000000368. The summed E-state index contributed by atoms with van der Waals surface area (Å²) >= 11 is 0. The second-order valence-electron chi connectivity index (χ2n) is 10.6. The zero-order valence-electron chi connectivity index (χ0n) is 26.7. The van der Waals surface area contributed by atoms with Crippen LogP contribution in [0.3, 0.4) is 0 Å². The smallest absolute Gasteiger partial charge is 0.335 e. The van der Waals surface area contributed by atoms with Crippen LogP contribution in [0.2, 0.25) is 0 Å². The van der Waals surface area contributed by atoms with E-state index in [2.05, 4.69) is 81.3 Å². The third kappa shape index (κ3) is 10.8. The van der Waals surface area contributed by atoms with Crippen molar-refractivity contribution in [1.82, 2.24) is 0 Å². The Morgan fingerprint density at radius 2 is 1.27 bits per heavy atom. The van der Waals surface area contributed by atoms with E-state index in [0.29, 0.717) is 5.69 Å². The molecule has 0 saturated carbocycles. The van der Waals surface area contributed by atoms with Gasteiger partial charge in [0.05, 0.1) is 5.56 Å². The van der Waals surface area contributed by atoms with Crippen molar-refractivity contribution in [1.29, 1.82) is 0 Å². The predicted octanol–water partition coefficient (Wildman–Crippen LogP) is 5.82. The fourth-order valence-corrected chi connectivity index (χ4v) is 3.96. The number of rotatable bonds is 11. The molecule has 0 fully saturated rings. The van der Waals surface area contributed by atoms with Crippen molar-refractivity contribution in [2.24, 2.45) is 5.92 Å². The lowest BCUT2D eigenvalue weighted by Gasteiger charge is -2.15. The number of carbonyl (C=O) groups excluding carboxylic acids is 4. The van der Waals surface area contributed by atoms with Gasteiger partial charge in [-0.3, -0.25) is 14.4 Å². The highest BCUT2D eigenvalue weighted by atomic mass is 16.6. The van der Waals surface area contributed by atoms with Gasteiger partial charge in [-0.15, -0.1) is 0 Å². The summed E-state index contributed by atoms with van der Waals surface area (Å²) in [5.74, 6) is -6.52. The number of carbonyl (C=O) groups is 5. The molecule has 3 N–H and O–H groups in total. The molecular weight excluding hydrogens is 576 g/mol. The molecule has 3 aromatic carbocycles. The molecule has 0 radical (unpaired) electrons. The van der Waals surface area contributed by atoms with E-state index in [9.17, 15) is 24.0 Å². The van der Waals surface area contributed by atoms with Gasteiger partial charge in [0.1, 0.15) is 13.2 Å². The number of hydrogen-bond donors (Lipinski definition) is 3. The van der Waals surface area contributed by atoms with Crippen LogP contribution in [0.15, 0.2) is 66.7 Å². The zero-order valence-corrected chi connectivity index (χ0v) is 26.7. The number of Topliss-reactive ketones (excluding diaryl/α,β-unsaturated/α-hetero) is 1. The number of amides is 1. The van der Waals surface area contributed by atoms with Crippen LogP contribution < -0.4 is 10.6 Å². The second kappa shape index (κ2) is 16.6. The summed E-state index contributed by atoms with van der Waals surface area (Å²) in [5.41, 5.74) is 8.59. The first kappa shape index (κ1) is 35.9. The van der Waals surface area contributed by atoms with Crippen molar-refractivity contribution in [3.63, 3.8) is 0 Å². The first-order valence-electron chi connectivity index (χ1n) is 14.2. The molecule has 10 nitrogen and oxygen atoms in total. The van der Waals surface area contributed by atoms with Crippen molar-refractivity contribution in [3.8, 4) is 11.1 Å². The lowest BCUT2D eigenvalue weighted by atomic mass is 9.98. The third-order valence-electron chi connectivity index (χ3n) is 6.90. The first-order valence-corrected chi connectivity index (χ1v) is 14.2. The molecule has 0 aliphatic carbocycles. The monoisotopic (exact) mass is 616 g/mol.